The predicted octanol–water partition coefficient (Wildman–Crippen LogP) is 3.06. The lowest BCUT2D eigenvalue weighted by Gasteiger charge is -2.15. The molecule has 0 spiro atoms. The van der Waals surface area contributed by atoms with Crippen LogP contribution in [0.15, 0.2) is 0 Å². The van der Waals surface area contributed by atoms with Gasteiger partial charge in [-0.3, -0.25) is 0 Å². The molecule has 4 unspecified atom stereocenters. The third kappa shape index (κ3) is 1.54. The van der Waals surface area contributed by atoms with Gasteiger partial charge in [0.2, 0.25) is 0 Å². The second-order valence-electron chi connectivity index (χ2n) is 6.10. The Hall–Kier alpha value is -0.0400. The van der Waals surface area contributed by atoms with Gasteiger partial charge in [-0.25, -0.2) is 0 Å². The summed E-state index contributed by atoms with van der Waals surface area (Å²) in [5, 5.41) is 3.86. The van der Waals surface area contributed by atoms with E-state index in [1.54, 1.807) is 19.3 Å². The first kappa shape index (κ1) is 10.1. The highest BCUT2D eigenvalue weighted by Crippen LogP contribution is 2.65. The molecule has 3 aliphatic rings. The minimum atomic E-state index is 0.920. The Morgan fingerprint density at radius 1 is 1.07 bits per heavy atom. The van der Waals surface area contributed by atoms with Gasteiger partial charge in [-0.15, -0.1) is 0 Å². The van der Waals surface area contributed by atoms with E-state index in [0.717, 1.165) is 35.6 Å². The fraction of sp³-hybridized carbons (Fsp3) is 1.00. The van der Waals surface area contributed by atoms with Crippen molar-refractivity contribution >= 4 is 0 Å². The summed E-state index contributed by atoms with van der Waals surface area (Å²) in [6, 6.07) is 0.942. The normalized spacial score (nSPS) is 46.2. The minimum Gasteiger partial charge on any atom is -0.313 e. The summed E-state index contributed by atoms with van der Waals surface area (Å²) in [7, 11) is 0. The molecule has 3 fully saturated rings. The van der Waals surface area contributed by atoms with E-state index < -0.39 is 0 Å². The molecule has 0 aliphatic heterocycles. The molecule has 3 rings (SSSR count). The van der Waals surface area contributed by atoms with Crippen LogP contribution in [0.1, 0.15) is 46.0 Å². The molecule has 0 amide bonds. The van der Waals surface area contributed by atoms with Gasteiger partial charge in [0, 0.05) is 6.04 Å². The molecular weight excluding hydrogens is 182 g/mol. The number of hydrogen-bond acceptors (Lipinski definition) is 1. The zero-order valence-corrected chi connectivity index (χ0v) is 10.2. The van der Waals surface area contributed by atoms with Crippen LogP contribution in [0.25, 0.3) is 0 Å². The number of nitrogens with one attached hydrogen (secondary N) is 1. The van der Waals surface area contributed by atoms with E-state index in [-0.39, 0.29) is 0 Å². The molecule has 0 heterocycles. The molecule has 86 valence electrons. The van der Waals surface area contributed by atoms with Gasteiger partial charge < -0.3 is 5.32 Å². The van der Waals surface area contributed by atoms with Crippen molar-refractivity contribution in [3.63, 3.8) is 0 Å². The van der Waals surface area contributed by atoms with E-state index in [9.17, 15) is 0 Å². The van der Waals surface area contributed by atoms with Crippen LogP contribution in [0.4, 0.5) is 0 Å². The summed E-state index contributed by atoms with van der Waals surface area (Å²) in [5.41, 5.74) is 0. The average molecular weight is 207 g/mol. The highest BCUT2D eigenvalue weighted by atomic mass is 15.0. The van der Waals surface area contributed by atoms with Crippen molar-refractivity contribution < 1.29 is 0 Å². The molecule has 1 heteroatoms. The molecule has 0 saturated heterocycles. The van der Waals surface area contributed by atoms with E-state index >= 15 is 0 Å². The lowest BCUT2D eigenvalue weighted by molar-refractivity contribution is 0.403. The van der Waals surface area contributed by atoms with Gasteiger partial charge in [0.1, 0.15) is 0 Å². The van der Waals surface area contributed by atoms with Crippen LogP contribution < -0.4 is 5.32 Å². The summed E-state index contributed by atoms with van der Waals surface area (Å²) in [4.78, 5) is 0. The summed E-state index contributed by atoms with van der Waals surface area (Å²) < 4.78 is 0. The smallest absolute Gasteiger partial charge is 0.0136 e. The molecule has 0 aromatic rings. The molecule has 3 aliphatic carbocycles. The van der Waals surface area contributed by atoms with Crippen LogP contribution >= 0.6 is 0 Å². The van der Waals surface area contributed by atoms with Crippen molar-refractivity contribution in [3.05, 3.63) is 0 Å². The Bertz CT molecular complexity index is 217. The van der Waals surface area contributed by atoms with Crippen LogP contribution in [0.2, 0.25) is 0 Å². The van der Waals surface area contributed by atoms with Gasteiger partial charge in [0.25, 0.3) is 0 Å². The standard InChI is InChI=1S/C14H25N/c1-3-9(4-2)8-15-14-12-10-5-6-11(7-10)13(12)14/h9-15H,3-8H2,1-2H3. The number of fused-ring (bicyclic) bond motifs is 5. The summed E-state index contributed by atoms with van der Waals surface area (Å²) in [5.74, 6) is 5.39. The van der Waals surface area contributed by atoms with E-state index in [2.05, 4.69) is 19.2 Å². The third-order valence-electron chi connectivity index (χ3n) is 5.53. The van der Waals surface area contributed by atoms with Crippen LogP contribution in [0.5, 0.6) is 0 Å². The third-order valence-corrected chi connectivity index (χ3v) is 5.53. The van der Waals surface area contributed by atoms with Gasteiger partial charge in [0.05, 0.1) is 0 Å². The van der Waals surface area contributed by atoms with Crippen LogP contribution in [-0.2, 0) is 0 Å². The molecular formula is C14H25N. The number of rotatable bonds is 5. The molecule has 1 N–H and O–H groups in total. The Balaban J connectivity index is 1.47. The molecule has 1 nitrogen and oxygen atoms in total. The van der Waals surface area contributed by atoms with Crippen molar-refractivity contribution in [2.75, 3.05) is 6.54 Å². The van der Waals surface area contributed by atoms with Gasteiger partial charge in [-0.05, 0) is 55.4 Å². The lowest BCUT2D eigenvalue weighted by Crippen LogP contribution is -2.28. The molecule has 0 aromatic heterocycles. The Morgan fingerprint density at radius 2 is 1.67 bits per heavy atom. The molecule has 2 bridgehead atoms. The summed E-state index contributed by atoms with van der Waals surface area (Å²) in [6.07, 6.45) is 7.37. The minimum absolute atomic E-state index is 0.920. The van der Waals surface area contributed by atoms with Gasteiger partial charge >= 0.3 is 0 Å². The topological polar surface area (TPSA) is 12.0 Å². The fourth-order valence-electron chi connectivity index (χ4n) is 4.48. The van der Waals surface area contributed by atoms with Crippen molar-refractivity contribution in [3.8, 4) is 0 Å². The maximum atomic E-state index is 3.86. The molecule has 3 saturated carbocycles. The van der Waals surface area contributed by atoms with Gasteiger partial charge in [-0.1, -0.05) is 26.7 Å². The molecule has 0 aromatic carbocycles. The van der Waals surface area contributed by atoms with Crippen LogP contribution in [0, 0.1) is 29.6 Å². The zero-order chi connectivity index (χ0) is 10.4. The van der Waals surface area contributed by atoms with Gasteiger partial charge in [0.15, 0.2) is 0 Å². The first-order valence-electron chi connectivity index (χ1n) is 7.08. The van der Waals surface area contributed by atoms with Crippen LogP contribution in [-0.4, -0.2) is 12.6 Å². The van der Waals surface area contributed by atoms with E-state index in [1.165, 1.54) is 19.4 Å². The Morgan fingerprint density at radius 3 is 2.20 bits per heavy atom. The SMILES string of the molecule is CCC(CC)CNC1C2C3CCC(C3)C12. The first-order chi connectivity index (χ1) is 7.35. The Kier molecular flexibility index (Phi) is 2.54. The van der Waals surface area contributed by atoms with E-state index in [4.69, 9.17) is 0 Å². The van der Waals surface area contributed by atoms with Gasteiger partial charge in [-0.2, -0.15) is 0 Å². The van der Waals surface area contributed by atoms with E-state index in [0.29, 0.717) is 0 Å². The highest BCUT2D eigenvalue weighted by molar-refractivity contribution is 5.16. The van der Waals surface area contributed by atoms with Crippen LogP contribution in [0.3, 0.4) is 0 Å². The molecule has 0 radical (unpaired) electrons. The monoisotopic (exact) mass is 207 g/mol. The average Bonchev–Trinajstić information content (AvgIpc) is 2.68. The largest absolute Gasteiger partial charge is 0.313 e. The second-order valence-corrected chi connectivity index (χ2v) is 6.10. The van der Waals surface area contributed by atoms with Crippen molar-refractivity contribution in [1.82, 2.24) is 5.32 Å². The maximum Gasteiger partial charge on any atom is 0.0136 e. The second kappa shape index (κ2) is 3.76. The molecule has 4 atom stereocenters. The maximum absolute atomic E-state index is 3.86. The number of hydrogen-bond donors (Lipinski definition) is 1. The lowest BCUT2D eigenvalue weighted by atomic mass is 10.0. The fourth-order valence-corrected chi connectivity index (χ4v) is 4.48. The van der Waals surface area contributed by atoms with Crippen molar-refractivity contribution in [1.29, 1.82) is 0 Å². The van der Waals surface area contributed by atoms with Crippen molar-refractivity contribution in [2.45, 2.75) is 52.0 Å². The zero-order valence-electron chi connectivity index (χ0n) is 10.2. The molecule has 15 heavy (non-hydrogen) atoms. The predicted molar refractivity (Wildman–Crippen MR) is 63.7 cm³/mol. The first-order valence-corrected chi connectivity index (χ1v) is 7.08. The summed E-state index contributed by atoms with van der Waals surface area (Å²) >= 11 is 0. The Labute approximate surface area is 94.0 Å². The quantitative estimate of drug-likeness (QED) is 0.730. The van der Waals surface area contributed by atoms with E-state index in [1.807, 2.05) is 0 Å². The highest BCUT2D eigenvalue weighted by Gasteiger charge is 2.64. The summed E-state index contributed by atoms with van der Waals surface area (Å²) in [6.45, 7) is 5.94. The van der Waals surface area contributed by atoms with Crippen molar-refractivity contribution in [2.24, 2.45) is 29.6 Å².